The highest BCUT2D eigenvalue weighted by Gasteiger charge is 2.19. The molecule has 0 heterocycles. The van der Waals surface area contributed by atoms with Gasteiger partial charge in [0.15, 0.2) is 6.10 Å². The molecule has 0 saturated heterocycles. The molecule has 6 nitrogen and oxygen atoms in total. The molecule has 0 aromatic heterocycles. The van der Waals surface area contributed by atoms with Crippen molar-refractivity contribution in [2.24, 2.45) is 0 Å². The van der Waals surface area contributed by atoms with Gasteiger partial charge in [-0.2, -0.15) is 0 Å². The van der Waals surface area contributed by atoms with Gasteiger partial charge in [-0.1, -0.05) is 239 Å². The summed E-state index contributed by atoms with van der Waals surface area (Å²) >= 11 is 0. The molecule has 6 heteroatoms. The highest BCUT2D eigenvalue weighted by molar-refractivity contribution is 5.71. The standard InChI is InChI=1S/C67H110O6/c1-4-7-10-13-16-19-22-25-27-29-31-32-33-34-36-37-39-42-45-48-51-54-57-60-66(69)72-63-64(62-71-65(68)59-56-53-50-47-44-41-24-21-18-15-12-9-6-3)73-67(70)61-58-55-52-49-46-43-40-38-35-30-28-26-23-20-17-14-11-8-5-2/h8,11-12,15,17,20-22,24-26,28-29,31,33-35,38,43,46,64H,4-7,9-10,13-14,16,18-19,23,27,30,32,36-37,39-42,44-45,47-63H2,1-3H3/b11-8-,15-12-,20-17-,24-21-,25-22-,28-26-,31-29-,34-33-,38-35-,46-43-. The van der Waals surface area contributed by atoms with Gasteiger partial charge in [-0.25, -0.2) is 0 Å². The molecule has 0 spiro atoms. The zero-order chi connectivity index (χ0) is 52.9. The van der Waals surface area contributed by atoms with Crippen LogP contribution >= 0.6 is 0 Å². The Kier molecular flexibility index (Phi) is 56.9. The van der Waals surface area contributed by atoms with E-state index in [9.17, 15) is 14.4 Å². The maximum absolute atomic E-state index is 12.9. The van der Waals surface area contributed by atoms with Crippen molar-refractivity contribution in [2.75, 3.05) is 13.2 Å². The third-order valence-electron chi connectivity index (χ3n) is 12.4. The van der Waals surface area contributed by atoms with Gasteiger partial charge in [0, 0.05) is 19.3 Å². The first kappa shape index (κ1) is 68.8. The quantitative estimate of drug-likeness (QED) is 0.0261. The first-order valence-corrected chi connectivity index (χ1v) is 30.0. The van der Waals surface area contributed by atoms with Gasteiger partial charge in [0.1, 0.15) is 13.2 Å². The molecule has 0 saturated carbocycles. The van der Waals surface area contributed by atoms with Crippen molar-refractivity contribution < 1.29 is 28.6 Å². The van der Waals surface area contributed by atoms with Crippen LogP contribution in [0, 0.1) is 0 Å². The second kappa shape index (κ2) is 60.4. The summed E-state index contributed by atoms with van der Waals surface area (Å²) in [5, 5.41) is 0. The van der Waals surface area contributed by atoms with Crippen LogP contribution in [-0.2, 0) is 28.6 Å². The molecule has 0 aromatic carbocycles. The van der Waals surface area contributed by atoms with Crippen LogP contribution in [-0.4, -0.2) is 37.2 Å². The van der Waals surface area contributed by atoms with Crippen LogP contribution in [0.15, 0.2) is 122 Å². The predicted molar refractivity (Wildman–Crippen MR) is 316 cm³/mol. The summed E-state index contributed by atoms with van der Waals surface area (Å²) < 4.78 is 16.8. The monoisotopic (exact) mass is 1010 g/mol. The number of rotatable bonds is 53. The van der Waals surface area contributed by atoms with Gasteiger partial charge in [0.05, 0.1) is 0 Å². The van der Waals surface area contributed by atoms with E-state index in [0.29, 0.717) is 12.8 Å². The van der Waals surface area contributed by atoms with Gasteiger partial charge >= 0.3 is 17.9 Å². The maximum atomic E-state index is 12.9. The van der Waals surface area contributed by atoms with Crippen molar-refractivity contribution in [1.29, 1.82) is 0 Å². The summed E-state index contributed by atoms with van der Waals surface area (Å²) in [6.45, 7) is 6.41. The molecule has 73 heavy (non-hydrogen) atoms. The molecule has 0 aliphatic carbocycles. The fraction of sp³-hybridized carbons (Fsp3) is 0.657. The average molecular weight is 1010 g/mol. The molecule has 414 valence electrons. The van der Waals surface area contributed by atoms with E-state index in [1.54, 1.807) is 0 Å². The lowest BCUT2D eigenvalue weighted by molar-refractivity contribution is -0.167. The molecular formula is C67H110O6. The van der Waals surface area contributed by atoms with Crippen molar-refractivity contribution >= 4 is 17.9 Å². The minimum atomic E-state index is -0.809. The van der Waals surface area contributed by atoms with E-state index in [2.05, 4.69) is 142 Å². The number of hydrogen-bond donors (Lipinski definition) is 0. The van der Waals surface area contributed by atoms with Crippen LogP contribution in [0.2, 0.25) is 0 Å². The topological polar surface area (TPSA) is 78.9 Å². The number of ether oxygens (including phenoxy) is 3. The Balaban J connectivity index is 4.44. The number of carbonyl (C=O) groups excluding carboxylic acids is 3. The molecule has 0 amide bonds. The third kappa shape index (κ3) is 58.6. The van der Waals surface area contributed by atoms with Gasteiger partial charge in [-0.15, -0.1) is 0 Å². The smallest absolute Gasteiger partial charge is 0.306 e. The van der Waals surface area contributed by atoms with E-state index in [1.807, 2.05) is 0 Å². The second-order valence-corrected chi connectivity index (χ2v) is 19.5. The minimum Gasteiger partial charge on any atom is -0.462 e. The lowest BCUT2D eigenvalue weighted by atomic mass is 10.1. The molecule has 0 aliphatic rings. The summed E-state index contributed by atoms with van der Waals surface area (Å²) in [6, 6.07) is 0. The van der Waals surface area contributed by atoms with Gasteiger partial charge < -0.3 is 14.2 Å². The first-order chi connectivity index (χ1) is 36.0. The second-order valence-electron chi connectivity index (χ2n) is 19.5. The number of unbranched alkanes of at least 4 members (excludes halogenated alkanes) is 22. The Labute approximate surface area is 450 Å². The number of hydrogen-bond acceptors (Lipinski definition) is 6. The number of allylic oxidation sites excluding steroid dienone is 20. The molecule has 0 bridgehead atoms. The third-order valence-corrected chi connectivity index (χ3v) is 12.4. The molecule has 0 radical (unpaired) electrons. The average Bonchev–Trinajstić information content (AvgIpc) is 3.39. The zero-order valence-corrected chi connectivity index (χ0v) is 47.4. The van der Waals surface area contributed by atoms with Crippen molar-refractivity contribution in [3.63, 3.8) is 0 Å². The van der Waals surface area contributed by atoms with Gasteiger partial charge in [0.25, 0.3) is 0 Å². The van der Waals surface area contributed by atoms with E-state index in [-0.39, 0.29) is 37.5 Å². The largest absolute Gasteiger partial charge is 0.462 e. The lowest BCUT2D eigenvalue weighted by Crippen LogP contribution is -2.30. The van der Waals surface area contributed by atoms with Gasteiger partial charge in [0.2, 0.25) is 0 Å². The minimum absolute atomic E-state index is 0.103. The first-order valence-electron chi connectivity index (χ1n) is 30.0. The summed E-state index contributed by atoms with van der Waals surface area (Å²) in [5.41, 5.74) is 0. The van der Waals surface area contributed by atoms with Gasteiger partial charge in [-0.05, 0) is 128 Å². The lowest BCUT2D eigenvalue weighted by Gasteiger charge is -2.18. The molecule has 0 N–H and O–H groups in total. The van der Waals surface area contributed by atoms with Crippen LogP contribution in [0.25, 0.3) is 0 Å². The Morgan fingerprint density at radius 2 is 0.562 bits per heavy atom. The Morgan fingerprint density at radius 3 is 0.904 bits per heavy atom. The van der Waals surface area contributed by atoms with Crippen molar-refractivity contribution in [3.8, 4) is 0 Å². The van der Waals surface area contributed by atoms with Crippen LogP contribution in [0.3, 0.4) is 0 Å². The number of esters is 3. The Morgan fingerprint density at radius 1 is 0.288 bits per heavy atom. The summed E-state index contributed by atoms with van der Waals surface area (Å²) in [4.78, 5) is 38.2. The van der Waals surface area contributed by atoms with E-state index in [4.69, 9.17) is 14.2 Å². The SMILES string of the molecule is CC/C=C\C/C=C\C/C=C\C/C=C\C/C=C\CCCCCC(=O)OC(COC(=O)CCCCCCC/C=C\C/C=C\CCC)COC(=O)CCCCCCCCCC/C=C\C/C=C\C/C=C\CCCCCCC. The molecular weight excluding hydrogens is 901 g/mol. The maximum Gasteiger partial charge on any atom is 0.306 e. The highest BCUT2D eigenvalue weighted by atomic mass is 16.6. The fourth-order valence-electron chi connectivity index (χ4n) is 7.92. The van der Waals surface area contributed by atoms with Crippen molar-refractivity contribution in [1.82, 2.24) is 0 Å². The van der Waals surface area contributed by atoms with Gasteiger partial charge in [-0.3, -0.25) is 14.4 Å². The summed E-state index contributed by atoms with van der Waals surface area (Å²) in [6.07, 6.45) is 83.3. The van der Waals surface area contributed by atoms with E-state index in [0.717, 1.165) is 148 Å². The molecule has 1 unspecified atom stereocenters. The predicted octanol–water partition coefficient (Wildman–Crippen LogP) is 20.4. The Bertz CT molecular complexity index is 1540. The van der Waals surface area contributed by atoms with Crippen molar-refractivity contribution in [3.05, 3.63) is 122 Å². The molecule has 0 fully saturated rings. The van der Waals surface area contributed by atoms with E-state index >= 15 is 0 Å². The number of carbonyl (C=O) groups is 3. The summed E-state index contributed by atoms with van der Waals surface area (Å²) in [5.74, 6) is -0.957. The van der Waals surface area contributed by atoms with E-state index < -0.39 is 6.10 Å². The highest BCUT2D eigenvalue weighted by Crippen LogP contribution is 2.14. The normalized spacial score (nSPS) is 13.0. The van der Waals surface area contributed by atoms with Crippen LogP contribution in [0.5, 0.6) is 0 Å². The van der Waals surface area contributed by atoms with Crippen LogP contribution in [0.4, 0.5) is 0 Å². The summed E-state index contributed by atoms with van der Waals surface area (Å²) in [7, 11) is 0. The zero-order valence-electron chi connectivity index (χ0n) is 47.4. The molecule has 0 aliphatic heterocycles. The van der Waals surface area contributed by atoms with Crippen LogP contribution < -0.4 is 0 Å². The molecule has 0 rings (SSSR count). The van der Waals surface area contributed by atoms with Crippen molar-refractivity contribution in [2.45, 2.75) is 271 Å². The van der Waals surface area contributed by atoms with Crippen LogP contribution in [0.1, 0.15) is 265 Å². The van der Waals surface area contributed by atoms with E-state index in [1.165, 1.54) is 77.0 Å². The molecule has 1 atom stereocenters. The molecule has 0 aromatic rings. The fourth-order valence-corrected chi connectivity index (χ4v) is 7.92. The Hall–Kier alpha value is -4.19.